The minimum atomic E-state index is 0.0891. The van der Waals surface area contributed by atoms with Crippen LogP contribution in [0.5, 0.6) is 0 Å². The first kappa shape index (κ1) is 16.0. The van der Waals surface area contributed by atoms with Crippen molar-refractivity contribution in [2.75, 3.05) is 24.5 Å². The lowest BCUT2D eigenvalue weighted by Gasteiger charge is -2.35. The number of hydrogen-bond donors (Lipinski definition) is 0. The molecule has 5 nitrogen and oxygen atoms in total. The number of morpholine rings is 1. The highest BCUT2D eigenvalue weighted by Crippen LogP contribution is 2.22. The van der Waals surface area contributed by atoms with Gasteiger partial charge in [0.05, 0.1) is 18.6 Å². The van der Waals surface area contributed by atoms with Crippen molar-refractivity contribution in [1.29, 1.82) is 0 Å². The maximum atomic E-state index is 12.5. The van der Waals surface area contributed by atoms with Crippen molar-refractivity contribution in [3.05, 3.63) is 29.8 Å². The molecule has 23 heavy (non-hydrogen) atoms. The topological polar surface area (TPSA) is 49.9 Å². The van der Waals surface area contributed by atoms with E-state index in [-0.39, 0.29) is 24.0 Å². The number of nitrogens with zero attached hydrogens (tertiary/aromatic N) is 2. The molecular weight excluding hydrogens is 292 g/mol. The second kappa shape index (κ2) is 6.71. The van der Waals surface area contributed by atoms with Crippen LogP contribution in [-0.2, 0) is 20.7 Å². The van der Waals surface area contributed by atoms with Crippen LogP contribution in [0, 0.1) is 0 Å². The highest BCUT2D eigenvalue weighted by atomic mass is 16.5. The zero-order chi connectivity index (χ0) is 16.4. The number of amides is 2. The van der Waals surface area contributed by atoms with Crippen LogP contribution in [0.25, 0.3) is 0 Å². The molecule has 0 bridgehead atoms. The molecule has 0 spiro atoms. The maximum Gasteiger partial charge on any atom is 0.227 e. The minimum Gasteiger partial charge on any atom is -0.372 e. The van der Waals surface area contributed by atoms with Gasteiger partial charge in [0.2, 0.25) is 11.8 Å². The number of carbonyl (C=O) groups excluding carboxylic acids is 2. The van der Waals surface area contributed by atoms with Crippen LogP contribution in [0.3, 0.4) is 0 Å². The van der Waals surface area contributed by atoms with Gasteiger partial charge in [-0.1, -0.05) is 12.1 Å². The quantitative estimate of drug-likeness (QED) is 0.857. The molecule has 2 fully saturated rings. The Morgan fingerprint density at radius 1 is 1.17 bits per heavy atom. The number of hydrogen-bond acceptors (Lipinski definition) is 3. The summed E-state index contributed by atoms with van der Waals surface area (Å²) in [5, 5.41) is 0. The van der Waals surface area contributed by atoms with Crippen molar-refractivity contribution in [1.82, 2.24) is 4.90 Å². The van der Waals surface area contributed by atoms with Gasteiger partial charge in [0, 0.05) is 31.7 Å². The third-order valence-electron chi connectivity index (χ3n) is 4.45. The van der Waals surface area contributed by atoms with E-state index < -0.39 is 0 Å². The van der Waals surface area contributed by atoms with Gasteiger partial charge in [-0.3, -0.25) is 9.59 Å². The summed E-state index contributed by atoms with van der Waals surface area (Å²) >= 11 is 0. The van der Waals surface area contributed by atoms with Crippen molar-refractivity contribution < 1.29 is 14.3 Å². The molecule has 0 aromatic heterocycles. The fraction of sp³-hybridized carbons (Fsp3) is 0.556. The Bertz CT molecular complexity index is 574. The maximum absolute atomic E-state index is 12.5. The molecule has 2 amide bonds. The monoisotopic (exact) mass is 316 g/mol. The molecule has 2 aliphatic rings. The molecule has 0 aliphatic carbocycles. The number of benzene rings is 1. The van der Waals surface area contributed by atoms with Crippen molar-refractivity contribution in [2.45, 2.75) is 45.3 Å². The van der Waals surface area contributed by atoms with E-state index in [4.69, 9.17) is 4.74 Å². The van der Waals surface area contributed by atoms with Crippen LogP contribution in [-0.4, -0.2) is 48.6 Å². The molecule has 2 heterocycles. The van der Waals surface area contributed by atoms with Gasteiger partial charge < -0.3 is 14.5 Å². The molecule has 0 N–H and O–H groups in total. The van der Waals surface area contributed by atoms with E-state index in [0.29, 0.717) is 25.9 Å². The molecule has 124 valence electrons. The molecule has 0 saturated carbocycles. The van der Waals surface area contributed by atoms with Crippen LogP contribution >= 0.6 is 0 Å². The number of ether oxygens (including phenoxy) is 1. The van der Waals surface area contributed by atoms with Crippen LogP contribution < -0.4 is 4.90 Å². The van der Waals surface area contributed by atoms with E-state index in [1.54, 1.807) is 0 Å². The first-order chi connectivity index (χ1) is 11.0. The lowest BCUT2D eigenvalue weighted by molar-refractivity contribution is -0.142. The van der Waals surface area contributed by atoms with E-state index in [2.05, 4.69) is 0 Å². The lowest BCUT2D eigenvalue weighted by atomic mass is 10.1. The fourth-order valence-corrected chi connectivity index (χ4v) is 3.38. The minimum absolute atomic E-state index is 0.0891. The first-order valence-corrected chi connectivity index (χ1v) is 8.35. The van der Waals surface area contributed by atoms with Gasteiger partial charge in [0.1, 0.15) is 0 Å². The Labute approximate surface area is 137 Å². The lowest BCUT2D eigenvalue weighted by Crippen LogP contribution is -2.48. The van der Waals surface area contributed by atoms with Crippen LogP contribution in [0.15, 0.2) is 24.3 Å². The van der Waals surface area contributed by atoms with Crippen molar-refractivity contribution in [2.24, 2.45) is 0 Å². The second-order valence-electron chi connectivity index (χ2n) is 6.55. The second-order valence-corrected chi connectivity index (χ2v) is 6.55. The molecular formula is C18H24N2O3. The average Bonchev–Trinajstić information content (AvgIpc) is 2.93. The first-order valence-electron chi connectivity index (χ1n) is 8.35. The number of rotatable bonds is 3. The van der Waals surface area contributed by atoms with Gasteiger partial charge in [-0.15, -0.1) is 0 Å². The Balaban J connectivity index is 1.61. The van der Waals surface area contributed by atoms with Crippen LogP contribution in [0.2, 0.25) is 0 Å². The van der Waals surface area contributed by atoms with Gasteiger partial charge in [0.25, 0.3) is 0 Å². The Hall–Kier alpha value is -1.88. The predicted molar refractivity (Wildman–Crippen MR) is 88.3 cm³/mol. The van der Waals surface area contributed by atoms with Gasteiger partial charge >= 0.3 is 0 Å². The molecule has 1 aromatic carbocycles. The molecule has 0 unspecified atom stereocenters. The zero-order valence-corrected chi connectivity index (χ0v) is 13.8. The van der Waals surface area contributed by atoms with Crippen molar-refractivity contribution >= 4 is 17.5 Å². The highest BCUT2D eigenvalue weighted by Gasteiger charge is 2.26. The van der Waals surface area contributed by atoms with Gasteiger partial charge in [-0.2, -0.15) is 0 Å². The van der Waals surface area contributed by atoms with Crippen molar-refractivity contribution in [3.8, 4) is 0 Å². The predicted octanol–water partition coefficient (Wildman–Crippen LogP) is 1.99. The van der Waals surface area contributed by atoms with Crippen LogP contribution in [0.4, 0.5) is 5.69 Å². The van der Waals surface area contributed by atoms with Gasteiger partial charge in [-0.25, -0.2) is 0 Å². The van der Waals surface area contributed by atoms with Crippen molar-refractivity contribution in [3.63, 3.8) is 0 Å². The summed E-state index contributed by atoms with van der Waals surface area (Å²) in [6.07, 6.45) is 2.13. The van der Waals surface area contributed by atoms with E-state index in [0.717, 1.165) is 24.2 Å². The Morgan fingerprint density at radius 3 is 2.39 bits per heavy atom. The number of carbonyl (C=O) groups is 2. The Kier molecular flexibility index (Phi) is 4.66. The highest BCUT2D eigenvalue weighted by molar-refractivity contribution is 5.95. The van der Waals surface area contributed by atoms with Gasteiger partial charge in [-0.05, 0) is 38.0 Å². The summed E-state index contributed by atoms with van der Waals surface area (Å²) < 4.78 is 5.67. The SMILES string of the molecule is C[C@@H]1CN(C(=O)Cc2ccc(N3CCCC3=O)cc2)C[C@@H](C)O1. The zero-order valence-electron chi connectivity index (χ0n) is 13.8. The summed E-state index contributed by atoms with van der Waals surface area (Å²) in [5.41, 5.74) is 1.91. The average molecular weight is 316 g/mol. The third kappa shape index (κ3) is 3.72. The van der Waals surface area contributed by atoms with Gasteiger partial charge in [0.15, 0.2) is 0 Å². The van der Waals surface area contributed by atoms with Crippen LogP contribution in [0.1, 0.15) is 32.3 Å². The summed E-state index contributed by atoms with van der Waals surface area (Å²) in [6.45, 7) is 6.10. The largest absolute Gasteiger partial charge is 0.372 e. The smallest absolute Gasteiger partial charge is 0.227 e. The molecule has 0 radical (unpaired) electrons. The van der Waals surface area contributed by atoms with E-state index >= 15 is 0 Å². The summed E-state index contributed by atoms with van der Waals surface area (Å²) in [5.74, 6) is 0.321. The number of anilines is 1. The normalized spacial score (nSPS) is 25.0. The molecule has 2 aliphatic heterocycles. The molecule has 2 atom stereocenters. The summed E-state index contributed by atoms with van der Waals surface area (Å²) in [4.78, 5) is 27.9. The molecule has 3 rings (SSSR count). The summed E-state index contributed by atoms with van der Waals surface area (Å²) in [7, 11) is 0. The molecule has 2 saturated heterocycles. The summed E-state index contributed by atoms with van der Waals surface area (Å²) in [6, 6.07) is 7.78. The molecule has 1 aromatic rings. The van der Waals surface area contributed by atoms with E-state index in [1.165, 1.54) is 0 Å². The van der Waals surface area contributed by atoms with E-state index in [9.17, 15) is 9.59 Å². The standard InChI is InChI=1S/C18H24N2O3/c1-13-11-19(12-14(2)23-13)18(22)10-15-5-7-16(8-6-15)20-9-3-4-17(20)21/h5-8,13-14H,3-4,9-12H2,1-2H3/t13-,14-/m1/s1. The van der Waals surface area contributed by atoms with E-state index in [1.807, 2.05) is 47.9 Å². The molecule has 5 heteroatoms. The third-order valence-corrected chi connectivity index (χ3v) is 4.45. The Morgan fingerprint density at radius 2 is 1.83 bits per heavy atom. The fourth-order valence-electron chi connectivity index (χ4n) is 3.38.